The number of benzene rings is 1. The zero-order valence-corrected chi connectivity index (χ0v) is 14.2. The number of aromatic nitrogens is 2. The minimum Gasteiger partial charge on any atom is -0.497 e. The number of hydrogen-bond donors (Lipinski definition) is 0. The summed E-state index contributed by atoms with van der Waals surface area (Å²) in [5.74, 6) is 0.920. The highest BCUT2D eigenvalue weighted by Crippen LogP contribution is 2.21. The van der Waals surface area contributed by atoms with Crippen LogP contribution in [0.5, 0.6) is 5.75 Å². The Labute approximate surface area is 140 Å². The summed E-state index contributed by atoms with van der Waals surface area (Å²) < 4.78 is 6.56. The zero-order chi connectivity index (χ0) is 16.4. The fourth-order valence-corrected chi connectivity index (χ4v) is 3.77. The third kappa shape index (κ3) is 3.16. The number of rotatable bonds is 5. The minimum atomic E-state index is -0.0874. The number of carbonyl (C=O) groups is 1. The fraction of sp³-hybridized carbons (Fsp3) is 0.188. The molecular formula is C16H14N2O3S2. The van der Waals surface area contributed by atoms with Gasteiger partial charge in [-0.15, -0.1) is 11.3 Å². The summed E-state index contributed by atoms with van der Waals surface area (Å²) >= 11 is 2.69. The highest BCUT2D eigenvalue weighted by Gasteiger charge is 2.12. The van der Waals surface area contributed by atoms with Crippen LogP contribution in [0.1, 0.15) is 10.4 Å². The van der Waals surface area contributed by atoms with Crippen molar-refractivity contribution in [2.75, 3.05) is 12.9 Å². The van der Waals surface area contributed by atoms with Crippen molar-refractivity contribution < 1.29 is 9.53 Å². The third-order valence-electron chi connectivity index (χ3n) is 3.41. The number of hydrogen-bond acceptors (Lipinski definition) is 6. The van der Waals surface area contributed by atoms with Crippen molar-refractivity contribution in [1.82, 2.24) is 9.55 Å². The normalized spacial score (nSPS) is 10.9. The van der Waals surface area contributed by atoms with Crippen molar-refractivity contribution in [1.29, 1.82) is 0 Å². The summed E-state index contributed by atoms with van der Waals surface area (Å²) in [6, 6.07) is 8.74. The molecule has 0 amide bonds. The quantitative estimate of drug-likeness (QED) is 0.404. The van der Waals surface area contributed by atoms with E-state index in [1.54, 1.807) is 44.5 Å². The van der Waals surface area contributed by atoms with Gasteiger partial charge < -0.3 is 4.74 Å². The van der Waals surface area contributed by atoms with E-state index in [0.717, 1.165) is 0 Å². The second-order valence-electron chi connectivity index (χ2n) is 4.84. The molecule has 0 fully saturated rings. The van der Waals surface area contributed by atoms with Crippen molar-refractivity contribution in [3.8, 4) is 5.75 Å². The molecule has 3 rings (SSSR count). The van der Waals surface area contributed by atoms with Gasteiger partial charge in [-0.2, -0.15) is 0 Å². The van der Waals surface area contributed by atoms with Gasteiger partial charge in [0.1, 0.15) is 10.6 Å². The third-order valence-corrected chi connectivity index (χ3v) is 5.24. The number of carbonyl (C=O) groups excluding carboxylic acids is 1. The monoisotopic (exact) mass is 346 g/mol. The van der Waals surface area contributed by atoms with Gasteiger partial charge in [0.15, 0.2) is 10.9 Å². The first-order chi connectivity index (χ1) is 11.1. The molecule has 0 aliphatic carbocycles. The molecule has 118 valence electrons. The van der Waals surface area contributed by atoms with E-state index in [9.17, 15) is 9.59 Å². The van der Waals surface area contributed by atoms with Gasteiger partial charge in [-0.05, 0) is 35.7 Å². The van der Waals surface area contributed by atoms with E-state index in [1.165, 1.54) is 27.7 Å². The Morgan fingerprint density at radius 2 is 2.04 bits per heavy atom. The Hall–Kier alpha value is -2.12. The van der Waals surface area contributed by atoms with Crippen LogP contribution in [0.4, 0.5) is 0 Å². The van der Waals surface area contributed by atoms with Gasteiger partial charge in [0.05, 0.1) is 18.2 Å². The van der Waals surface area contributed by atoms with Crippen LogP contribution in [0.2, 0.25) is 0 Å². The van der Waals surface area contributed by atoms with E-state index < -0.39 is 0 Å². The molecule has 0 saturated heterocycles. The van der Waals surface area contributed by atoms with Crippen molar-refractivity contribution in [3.05, 3.63) is 51.6 Å². The molecule has 7 heteroatoms. The summed E-state index contributed by atoms with van der Waals surface area (Å²) in [7, 11) is 3.26. The Morgan fingerprint density at radius 3 is 2.74 bits per heavy atom. The summed E-state index contributed by atoms with van der Waals surface area (Å²) in [6.07, 6.45) is 0. The molecule has 0 saturated carbocycles. The lowest BCUT2D eigenvalue weighted by molar-refractivity contribution is 0.102. The predicted molar refractivity (Wildman–Crippen MR) is 92.9 cm³/mol. The van der Waals surface area contributed by atoms with Crippen LogP contribution in [0.25, 0.3) is 10.2 Å². The molecule has 0 atom stereocenters. The van der Waals surface area contributed by atoms with Crippen LogP contribution in [0, 0.1) is 0 Å². The SMILES string of the molecule is COc1ccc(C(=O)CSc2nc3sccc3c(=O)n2C)cc1. The first-order valence-electron chi connectivity index (χ1n) is 6.84. The molecule has 0 aliphatic rings. The number of fused-ring (bicyclic) bond motifs is 1. The second kappa shape index (κ2) is 6.55. The van der Waals surface area contributed by atoms with Gasteiger partial charge >= 0.3 is 0 Å². The van der Waals surface area contributed by atoms with Gasteiger partial charge in [0, 0.05) is 12.6 Å². The number of methoxy groups -OCH3 is 1. The van der Waals surface area contributed by atoms with E-state index in [0.29, 0.717) is 26.7 Å². The molecule has 0 unspecified atom stereocenters. The average molecular weight is 346 g/mol. The van der Waals surface area contributed by atoms with Crippen LogP contribution in [0.15, 0.2) is 45.7 Å². The van der Waals surface area contributed by atoms with Gasteiger partial charge in [0.25, 0.3) is 5.56 Å². The van der Waals surface area contributed by atoms with E-state index >= 15 is 0 Å². The molecule has 0 aliphatic heterocycles. The standard InChI is InChI=1S/C16H14N2O3S2/c1-18-15(20)12-7-8-22-14(12)17-16(18)23-9-13(19)10-3-5-11(21-2)6-4-10/h3-8H,9H2,1-2H3. The first-order valence-corrected chi connectivity index (χ1v) is 8.71. The van der Waals surface area contributed by atoms with E-state index in [4.69, 9.17) is 4.74 Å². The van der Waals surface area contributed by atoms with Crippen LogP contribution < -0.4 is 10.3 Å². The van der Waals surface area contributed by atoms with Gasteiger partial charge in [-0.3, -0.25) is 14.2 Å². The lowest BCUT2D eigenvalue weighted by atomic mass is 10.1. The summed E-state index contributed by atoms with van der Waals surface area (Å²) in [4.78, 5) is 29.6. The first kappa shape index (κ1) is 15.8. The molecule has 0 N–H and O–H groups in total. The van der Waals surface area contributed by atoms with Crippen LogP contribution >= 0.6 is 23.1 Å². The molecular weight excluding hydrogens is 332 g/mol. The highest BCUT2D eigenvalue weighted by molar-refractivity contribution is 7.99. The number of thioether (sulfide) groups is 1. The molecule has 0 radical (unpaired) electrons. The number of Topliss-reactive ketones (excluding diaryl/α,β-unsaturated/α-hetero) is 1. The Kier molecular flexibility index (Phi) is 4.49. The highest BCUT2D eigenvalue weighted by atomic mass is 32.2. The molecule has 5 nitrogen and oxygen atoms in total. The summed E-state index contributed by atoms with van der Waals surface area (Å²) in [6.45, 7) is 0. The molecule has 0 bridgehead atoms. The van der Waals surface area contributed by atoms with Crippen LogP contribution in [-0.2, 0) is 7.05 Å². The lowest BCUT2D eigenvalue weighted by Gasteiger charge is -2.07. The topological polar surface area (TPSA) is 61.2 Å². The maximum Gasteiger partial charge on any atom is 0.262 e. The van der Waals surface area contributed by atoms with Crippen molar-refractivity contribution in [2.24, 2.45) is 7.05 Å². The number of ether oxygens (including phenoxy) is 1. The predicted octanol–water partition coefficient (Wildman–Crippen LogP) is 2.98. The number of nitrogens with zero attached hydrogens (tertiary/aromatic N) is 2. The Morgan fingerprint density at radius 1 is 1.30 bits per heavy atom. The Balaban J connectivity index is 1.78. The molecule has 2 aromatic heterocycles. The fourth-order valence-electron chi connectivity index (χ4n) is 2.10. The van der Waals surface area contributed by atoms with E-state index in [-0.39, 0.29) is 17.1 Å². The second-order valence-corrected chi connectivity index (χ2v) is 6.68. The largest absolute Gasteiger partial charge is 0.497 e. The van der Waals surface area contributed by atoms with Gasteiger partial charge in [0.2, 0.25) is 0 Å². The molecule has 23 heavy (non-hydrogen) atoms. The molecule has 0 spiro atoms. The molecule has 1 aromatic carbocycles. The average Bonchev–Trinajstić information content (AvgIpc) is 3.05. The van der Waals surface area contributed by atoms with E-state index in [1.807, 2.05) is 5.38 Å². The van der Waals surface area contributed by atoms with Gasteiger partial charge in [-0.1, -0.05) is 11.8 Å². The molecule has 3 aromatic rings. The number of ketones is 1. The summed E-state index contributed by atoms with van der Waals surface area (Å²) in [5, 5.41) is 3.01. The van der Waals surface area contributed by atoms with Crippen LogP contribution in [-0.4, -0.2) is 28.2 Å². The summed E-state index contributed by atoms with van der Waals surface area (Å²) in [5.41, 5.74) is 0.524. The Bertz CT molecular complexity index is 913. The molecule has 2 heterocycles. The number of thiophene rings is 1. The van der Waals surface area contributed by atoms with Gasteiger partial charge in [-0.25, -0.2) is 4.98 Å². The smallest absolute Gasteiger partial charge is 0.262 e. The van der Waals surface area contributed by atoms with Crippen molar-refractivity contribution in [3.63, 3.8) is 0 Å². The maximum absolute atomic E-state index is 12.3. The van der Waals surface area contributed by atoms with Crippen molar-refractivity contribution in [2.45, 2.75) is 5.16 Å². The lowest BCUT2D eigenvalue weighted by Crippen LogP contribution is -2.19. The van der Waals surface area contributed by atoms with E-state index in [2.05, 4.69) is 4.98 Å². The zero-order valence-electron chi connectivity index (χ0n) is 12.6. The van der Waals surface area contributed by atoms with Crippen LogP contribution in [0.3, 0.4) is 0 Å². The van der Waals surface area contributed by atoms with Crippen molar-refractivity contribution >= 4 is 39.1 Å². The maximum atomic E-state index is 12.3. The minimum absolute atomic E-state index is 0.0156.